The van der Waals surface area contributed by atoms with E-state index in [1.54, 1.807) is 0 Å². The Bertz CT molecular complexity index is 369. The van der Waals surface area contributed by atoms with Gasteiger partial charge in [0, 0.05) is 11.5 Å². The molecule has 4 nitrogen and oxygen atoms in total. The first kappa shape index (κ1) is 12.8. The summed E-state index contributed by atoms with van der Waals surface area (Å²) < 4.78 is 5.77. The zero-order valence-corrected chi connectivity index (χ0v) is 10.9. The fourth-order valence-corrected chi connectivity index (χ4v) is 1.92. The van der Waals surface area contributed by atoms with Gasteiger partial charge < -0.3 is 4.43 Å². The van der Waals surface area contributed by atoms with E-state index in [9.17, 15) is 0 Å². The van der Waals surface area contributed by atoms with Gasteiger partial charge in [0.15, 0.2) is 8.32 Å². The third-order valence-electron chi connectivity index (χ3n) is 2.05. The molecule has 5 heteroatoms. The molecule has 0 aliphatic carbocycles. The smallest absolute Gasteiger partial charge is 0.183 e. The van der Waals surface area contributed by atoms with E-state index in [0.717, 1.165) is 5.56 Å². The number of hydrogen-bond acceptors (Lipinski definition) is 2. The molecule has 0 aliphatic heterocycles. The van der Waals surface area contributed by atoms with E-state index in [2.05, 4.69) is 29.7 Å². The molecule has 1 aromatic carbocycles. The normalized spacial score (nSPS) is 12.9. The maximum absolute atomic E-state index is 8.54. The van der Waals surface area contributed by atoms with Gasteiger partial charge in [-0.3, -0.25) is 0 Å². The Labute approximate surface area is 97.0 Å². The highest BCUT2D eigenvalue weighted by molar-refractivity contribution is 6.69. The van der Waals surface area contributed by atoms with Gasteiger partial charge in [-0.05, 0) is 30.7 Å². The standard InChI is InChI=1S/C11H17N3OSi/c1-16(2,3)15-9-11(13-14-12)10-7-5-4-6-8-10/h4-8,11H,9H2,1-3H3/t11-/m1/s1. The Morgan fingerprint density at radius 3 is 2.44 bits per heavy atom. The number of hydrogen-bond donors (Lipinski definition) is 0. The Morgan fingerprint density at radius 1 is 1.31 bits per heavy atom. The summed E-state index contributed by atoms with van der Waals surface area (Å²) in [5.74, 6) is 0. The number of azide groups is 1. The van der Waals surface area contributed by atoms with Crippen molar-refractivity contribution in [3.63, 3.8) is 0 Å². The molecule has 0 N–H and O–H groups in total. The number of nitrogens with zero attached hydrogens (tertiary/aromatic N) is 3. The topological polar surface area (TPSA) is 58.0 Å². The minimum Gasteiger partial charge on any atom is -0.417 e. The van der Waals surface area contributed by atoms with Crippen LogP contribution in [0, 0.1) is 0 Å². The lowest BCUT2D eigenvalue weighted by molar-refractivity contribution is 0.284. The van der Waals surface area contributed by atoms with E-state index in [1.165, 1.54) is 0 Å². The fourth-order valence-electron chi connectivity index (χ4n) is 1.26. The lowest BCUT2D eigenvalue weighted by Gasteiger charge is -2.20. The van der Waals surface area contributed by atoms with Gasteiger partial charge in [0.1, 0.15) is 0 Å². The molecule has 16 heavy (non-hydrogen) atoms. The molecule has 0 aromatic heterocycles. The van der Waals surface area contributed by atoms with Crippen molar-refractivity contribution in [1.82, 2.24) is 0 Å². The SMILES string of the molecule is C[Si](C)(C)OC[C@@H](N=[N+]=[N-])c1ccccc1. The molecular formula is C11H17N3OSi. The molecular weight excluding hydrogens is 218 g/mol. The summed E-state index contributed by atoms with van der Waals surface area (Å²) in [7, 11) is -1.57. The van der Waals surface area contributed by atoms with Crippen LogP contribution < -0.4 is 0 Å². The molecule has 0 saturated carbocycles. The third-order valence-corrected chi connectivity index (χ3v) is 3.08. The summed E-state index contributed by atoms with van der Waals surface area (Å²) in [5, 5.41) is 3.78. The van der Waals surface area contributed by atoms with Crippen molar-refractivity contribution < 1.29 is 4.43 Å². The van der Waals surface area contributed by atoms with E-state index in [4.69, 9.17) is 9.96 Å². The molecule has 0 bridgehead atoms. The first-order chi connectivity index (χ1) is 7.53. The summed E-state index contributed by atoms with van der Waals surface area (Å²) in [6.07, 6.45) is 0. The van der Waals surface area contributed by atoms with E-state index in [0.29, 0.717) is 6.61 Å². The van der Waals surface area contributed by atoms with Crippen molar-refractivity contribution in [3.05, 3.63) is 46.3 Å². The van der Waals surface area contributed by atoms with E-state index >= 15 is 0 Å². The molecule has 86 valence electrons. The van der Waals surface area contributed by atoms with E-state index in [1.807, 2.05) is 30.3 Å². The van der Waals surface area contributed by atoms with Gasteiger partial charge in [-0.15, -0.1) is 0 Å². The summed E-state index contributed by atoms with van der Waals surface area (Å²) in [6.45, 7) is 6.81. The van der Waals surface area contributed by atoms with E-state index in [-0.39, 0.29) is 6.04 Å². The highest BCUT2D eigenvalue weighted by Gasteiger charge is 2.17. The molecule has 0 fully saturated rings. The first-order valence-corrected chi connectivity index (χ1v) is 8.67. The second-order valence-electron chi connectivity index (χ2n) is 4.55. The largest absolute Gasteiger partial charge is 0.417 e. The van der Waals surface area contributed by atoms with Crippen molar-refractivity contribution in [2.24, 2.45) is 5.11 Å². The fraction of sp³-hybridized carbons (Fsp3) is 0.455. The minimum atomic E-state index is -1.57. The molecule has 0 spiro atoms. The van der Waals surface area contributed by atoms with Crippen molar-refractivity contribution in [2.45, 2.75) is 25.7 Å². The van der Waals surface area contributed by atoms with Crippen LogP contribution >= 0.6 is 0 Å². The van der Waals surface area contributed by atoms with Gasteiger partial charge in [-0.2, -0.15) is 0 Å². The Kier molecular flexibility index (Phi) is 4.55. The monoisotopic (exact) mass is 235 g/mol. The molecule has 1 aromatic rings. The molecule has 0 radical (unpaired) electrons. The Balaban J connectivity index is 2.73. The van der Waals surface area contributed by atoms with Crippen molar-refractivity contribution in [1.29, 1.82) is 0 Å². The van der Waals surface area contributed by atoms with E-state index < -0.39 is 8.32 Å². The second kappa shape index (κ2) is 5.70. The van der Waals surface area contributed by atoms with Gasteiger partial charge in [-0.25, -0.2) is 0 Å². The number of rotatable bonds is 5. The highest BCUT2D eigenvalue weighted by Crippen LogP contribution is 2.19. The molecule has 0 aliphatic rings. The van der Waals surface area contributed by atoms with Gasteiger partial charge in [-0.1, -0.05) is 35.4 Å². The average molecular weight is 235 g/mol. The van der Waals surface area contributed by atoms with Crippen molar-refractivity contribution in [3.8, 4) is 0 Å². The van der Waals surface area contributed by atoms with Crippen LogP contribution in [-0.4, -0.2) is 14.9 Å². The lowest BCUT2D eigenvalue weighted by atomic mass is 10.1. The maximum Gasteiger partial charge on any atom is 0.183 e. The van der Waals surface area contributed by atoms with Gasteiger partial charge >= 0.3 is 0 Å². The van der Waals surface area contributed by atoms with Crippen LogP contribution in [0.15, 0.2) is 35.4 Å². The Morgan fingerprint density at radius 2 is 1.94 bits per heavy atom. The summed E-state index contributed by atoms with van der Waals surface area (Å²) in [4.78, 5) is 2.87. The van der Waals surface area contributed by atoms with Crippen LogP contribution in [0.3, 0.4) is 0 Å². The third kappa shape index (κ3) is 4.48. The summed E-state index contributed by atoms with van der Waals surface area (Å²) in [6, 6.07) is 9.49. The van der Waals surface area contributed by atoms with Crippen LogP contribution in [0.5, 0.6) is 0 Å². The molecule has 0 saturated heterocycles. The predicted octanol–water partition coefficient (Wildman–Crippen LogP) is 3.89. The van der Waals surface area contributed by atoms with Crippen LogP contribution in [0.25, 0.3) is 10.4 Å². The molecule has 1 atom stereocenters. The quantitative estimate of drug-likeness (QED) is 0.330. The second-order valence-corrected chi connectivity index (χ2v) is 9.07. The number of benzene rings is 1. The zero-order valence-electron chi connectivity index (χ0n) is 9.92. The molecule has 0 amide bonds. The van der Waals surface area contributed by atoms with Crippen LogP contribution in [0.4, 0.5) is 0 Å². The molecule has 0 heterocycles. The van der Waals surface area contributed by atoms with Gasteiger partial charge in [0.05, 0.1) is 6.04 Å². The maximum atomic E-state index is 8.54. The van der Waals surface area contributed by atoms with Crippen molar-refractivity contribution >= 4 is 8.32 Å². The lowest BCUT2D eigenvalue weighted by Crippen LogP contribution is -2.27. The molecule has 0 unspecified atom stereocenters. The predicted molar refractivity (Wildman–Crippen MR) is 67.6 cm³/mol. The minimum absolute atomic E-state index is 0.224. The average Bonchev–Trinajstić information content (AvgIpc) is 2.24. The van der Waals surface area contributed by atoms with Crippen LogP contribution in [-0.2, 0) is 4.43 Å². The highest BCUT2D eigenvalue weighted by atomic mass is 28.4. The Hall–Kier alpha value is -1.29. The first-order valence-electron chi connectivity index (χ1n) is 5.26. The summed E-state index contributed by atoms with van der Waals surface area (Å²) >= 11 is 0. The molecule has 1 rings (SSSR count). The summed E-state index contributed by atoms with van der Waals surface area (Å²) in [5.41, 5.74) is 9.54. The van der Waals surface area contributed by atoms with Crippen LogP contribution in [0.1, 0.15) is 11.6 Å². The van der Waals surface area contributed by atoms with Gasteiger partial charge in [0.2, 0.25) is 0 Å². The zero-order chi connectivity index (χ0) is 12.0. The van der Waals surface area contributed by atoms with Gasteiger partial charge in [0.25, 0.3) is 0 Å². The van der Waals surface area contributed by atoms with Crippen molar-refractivity contribution in [2.75, 3.05) is 6.61 Å². The van der Waals surface area contributed by atoms with Crippen LogP contribution in [0.2, 0.25) is 19.6 Å².